The molecule has 0 atom stereocenters. The second-order valence-electron chi connectivity index (χ2n) is 4.64. The fraction of sp³-hybridized carbons (Fsp3) is 0.583. The standard InChI is InChI=1S/C12H18ClN3/c13-10-4-5-11(15-8-10)16-9-12(14)6-2-1-3-7-12/h4-5,8H,1-3,6-7,9,14H2,(H,15,16). The van der Waals surface area contributed by atoms with Crippen molar-refractivity contribution >= 4 is 17.4 Å². The number of nitrogens with zero attached hydrogens (tertiary/aromatic N) is 1. The number of aromatic nitrogens is 1. The molecule has 1 aromatic rings. The number of anilines is 1. The van der Waals surface area contributed by atoms with Crippen molar-refractivity contribution in [1.82, 2.24) is 4.98 Å². The van der Waals surface area contributed by atoms with Crippen molar-refractivity contribution < 1.29 is 0 Å². The first-order chi connectivity index (χ1) is 7.68. The van der Waals surface area contributed by atoms with E-state index in [-0.39, 0.29) is 5.54 Å². The highest BCUT2D eigenvalue weighted by Gasteiger charge is 2.26. The van der Waals surface area contributed by atoms with Gasteiger partial charge in [0.05, 0.1) is 5.02 Å². The van der Waals surface area contributed by atoms with Gasteiger partial charge in [0.1, 0.15) is 5.82 Å². The molecule has 2 rings (SSSR count). The molecule has 4 heteroatoms. The van der Waals surface area contributed by atoms with Gasteiger partial charge in [0, 0.05) is 18.3 Å². The van der Waals surface area contributed by atoms with Crippen LogP contribution >= 0.6 is 11.6 Å². The molecule has 1 aromatic heterocycles. The molecule has 16 heavy (non-hydrogen) atoms. The topological polar surface area (TPSA) is 50.9 Å². The van der Waals surface area contributed by atoms with Crippen molar-refractivity contribution in [2.24, 2.45) is 5.73 Å². The third kappa shape index (κ3) is 3.09. The maximum atomic E-state index is 6.32. The summed E-state index contributed by atoms with van der Waals surface area (Å²) in [7, 11) is 0. The highest BCUT2D eigenvalue weighted by atomic mass is 35.5. The molecule has 0 amide bonds. The van der Waals surface area contributed by atoms with E-state index < -0.39 is 0 Å². The number of nitrogens with one attached hydrogen (secondary N) is 1. The lowest BCUT2D eigenvalue weighted by molar-refractivity contribution is 0.311. The lowest BCUT2D eigenvalue weighted by Gasteiger charge is -2.33. The molecule has 0 spiro atoms. The summed E-state index contributed by atoms with van der Waals surface area (Å²) in [5.41, 5.74) is 6.26. The summed E-state index contributed by atoms with van der Waals surface area (Å²) in [6.45, 7) is 0.793. The second-order valence-corrected chi connectivity index (χ2v) is 5.07. The maximum Gasteiger partial charge on any atom is 0.126 e. The smallest absolute Gasteiger partial charge is 0.126 e. The van der Waals surface area contributed by atoms with E-state index in [4.69, 9.17) is 17.3 Å². The molecule has 88 valence electrons. The monoisotopic (exact) mass is 239 g/mol. The number of hydrogen-bond donors (Lipinski definition) is 2. The van der Waals surface area contributed by atoms with Crippen molar-refractivity contribution in [2.75, 3.05) is 11.9 Å². The Balaban J connectivity index is 1.88. The molecule has 0 unspecified atom stereocenters. The van der Waals surface area contributed by atoms with Crippen molar-refractivity contribution in [3.63, 3.8) is 0 Å². The van der Waals surface area contributed by atoms with E-state index in [0.29, 0.717) is 5.02 Å². The fourth-order valence-corrected chi connectivity index (χ4v) is 2.29. The van der Waals surface area contributed by atoms with E-state index in [1.165, 1.54) is 19.3 Å². The van der Waals surface area contributed by atoms with Crippen LogP contribution in [0.2, 0.25) is 5.02 Å². The predicted octanol–water partition coefficient (Wildman–Crippen LogP) is 2.81. The van der Waals surface area contributed by atoms with E-state index in [9.17, 15) is 0 Å². The van der Waals surface area contributed by atoms with Gasteiger partial charge in [0.15, 0.2) is 0 Å². The molecule has 0 aliphatic heterocycles. The number of hydrogen-bond acceptors (Lipinski definition) is 3. The van der Waals surface area contributed by atoms with Crippen LogP contribution in [-0.2, 0) is 0 Å². The van der Waals surface area contributed by atoms with Crippen LogP contribution in [-0.4, -0.2) is 17.1 Å². The van der Waals surface area contributed by atoms with E-state index in [1.807, 2.05) is 12.1 Å². The first-order valence-electron chi connectivity index (χ1n) is 5.82. The summed E-state index contributed by atoms with van der Waals surface area (Å²) < 4.78 is 0. The second kappa shape index (κ2) is 5.02. The highest BCUT2D eigenvalue weighted by Crippen LogP contribution is 2.26. The lowest BCUT2D eigenvalue weighted by atomic mass is 9.82. The highest BCUT2D eigenvalue weighted by molar-refractivity contribution is 6.30. The van der Waals surface area contributed by atoms with Gasteiger partial charge in [-0.1, -0.05) is 30.9 Å². The Morgan fingerprint density at radius 2 is 2.06 bits per heavy atom. The Bertz CT molecular complexity index is 331. The minimum absolute atomic E-state index is 0.0560. The summed E-state index contributed by atoms with van der Waals surface area (Å²) >= 11 is 5.77. The molecule has 0 radical (unpaired) electrons. The zero-order valence-corrected chi connectivity index (χ0v) is 10.1. The SMILES string of the molecule is NC1(CNc2ccc(Cl)cn2)CCCCC1. The summed E-state index contributed by atoms with van der Waals surface area (Å²) in [6.07, 6.45) is 7.66. The normalized spacial score (nSPS) is 19.4. The summed E-state index contributed by atoms with van der Waals surface area (Å²) in [4.78, 5) is 4.20. The van der Waals surface area contributed by atoms with Gasteiger partial charge < -0.3 is 11.1 Å². The number of nitrogens with two attached hydrogens (primary N) is 1. The van der Waals surface area contributed by atoms with Crippen molar-refractivity contribution in [3.05, 3.63) is 23.4 Å². The molecule has 1 heterocycles. The Labute approximate surface area is 101 Å². The van der Waals surface area contributed by atoms with Crippen LogP contribution in [0.1, 0.15) is 32.1 Å². The summed E-state index contributed by atoms with van der Waals surface area (Å²) in [5, 5.41) is 3.95. The first kappa shape index (κ1) is 11.7. The van der Waals surface area contributed by atoms with Crippen molar-refractivity contribution in [1.29, 1.82) is 0 Å². The zero-order chi connectivity index (χ0) is 11.4. The molecular formula is C12H18ClN3. The molecule has 3 N–H and O–H groups in total. The Morgan fingerprint density at radius 1 is 1.31 bits per heavy atom. The molecule has 1 aliphatic carbocycles. The van der Waals surface area contributed by atoms with Gasteiger partial charge in [0.2, 0.25) is 0 Å². The van der Waals surface area contributed by atoms with Gasteiger partial charge in [-0.15, -0.1) is 0 Å². The van der Waals surface area contributed by atoms with Crippen LogP contribution in [0.5, 0.6) is 0 Å². The zero-order valence-electron chi connectivity index (χ0n) is 9.38. The molecule has 0 saturated heterocycles. The van der Waals surface area contributed by atoms with Gasteiger partial charge in [-0.05, 0) is 25.0 Å². The average Bonchev–Trinajstić information content (AvgIpc) is 2.29. The average molecular weight is 240 g/mol. The molecule has 1 aliphatic rings. The van der Waals surface area contributed by atoms with Crippen LogP contribution in [0, 0.1) is 0 Å². The van der Waals surface area contributed by atoms with Crippen LogP contribution in [0.4, 0.5) is 5.82 Å². The minimum Gasteiger partial charge on any atom is -0.368 e. The Hall–Kier alpha value is -0.800. The van der Waals surface area contributed by atoms with Gasteiger partial charge in [-0.2, -0.15) is 0 Å². The van der Waals surface area contributed by atoms with Crippen LogP contribution in [0.25, 0.3) is 0 Å². The van der Waals surface area contributed by atoms with Gasteiger partial charge >= 0.3 is 0 Å². The van der Waals surface area contributed by atoms with E-state index in [0.717, 1.165) is 25.2 Å². The molecule has 1 saturated carbocycles. The maximum absolute atomic E-state index is 6.32. The van der Waals surface area contributed by atoms with Crippen molar-refractivity contribution in [2.45, 2.75) is 37.6 Å². The van der Waals surface area contributed by atoms with Crippen LogP contribution in [0.3, 0.4) is 0 Å². The third-order valence-electron chi connectivity index (χ3n) is 3.20. The minimum atomic E-state index is -0.0560. The first-order valence-corrected chi connectivity index (χ1v) is 6.20. The largest absolute Gasteiger partial charge is 0.368 e. The summed E-state index contributed by atoms with van der Waals surface area (Å²) in [6, 6.07) is 3.72. The van der Waals surface area contributed by atoms with E-state index in [1.54, 1.807) is 6.20 Å². The van der Waals surface area contributed by atoms with Gasteiger partial charge in [-0.25, -0.2) is 4.98 Å². The number of pyridine rings is 1. The van der Waals surface area contributed by atoms with Gasteiger partial charge in [-0.3, -0.25) is 0 Å². The third-order valence-corrected chi connectivity index (χ3v) is 3.42. The molecule has 1 fully saturated rings. The predicted molar refractivity (Wildman–Crippen MR) is 67.7 cm³/mol. The molecular weight excluding hydrogens is 222 g/mol. The number of halogens is 1. The van der Waals surface area contributed by atoms with E-state index in [2.05, 4.69) is 10.3 Å². The lowest BCUT2D eigenvalue weighted by Crippen LogP contribution is -2.47. The quantitative estimate of drug-likeness (QED) is 0.853. The fourth-order valence-electron chi connectivity index (χ4n) is 2.18. The van der Waals surface area contributed by atoms with Crippen LogP contribution in [0.15, 0.2) is 18.3 Å². The number of rotatable bonds is 3. The van der Waals surface area contributed by atoms with E-state index >= 15 is 0 Å². The molecule has 0 bridgehead atoms. The summed E-state index contributed by atoms with van der Waals surface area (Å²) in [5.74, 6) is 0.847. The Morgan fingerprint density at radius 3 is 2.69 bits per heavy atom. The van der Waals surface area contributed by atoms with Gasteiger partial charge in [0.25, 0.3) is 0 Å². The van der Waals surface area contributed by atoms with Crippen molar-refractivity contribution in [3.8, 4) is 0 Å². The molecule has 3 nitrogen and oxygen atoms in total. The Kier molecular flexibility index (Phi) is 3.66. The molecule has 0 aromatic carbocycles. The van der Waals surface area contributed by atoms with Crippen LogP contribution < -0.4 is 11.1 Å².